The molecule has 2 N–H and O–H groups in total. The fraction of sp³-hybridized carbons (Fsp3) is 0.733. The quantitative estimate of drug-likeness (QED) is 0.839. The largest absolute Gasteiger partial charge is 0.360 e. The number of aryl methyl sites for hydroxylation is 2. The van der Waals surface area contributed by atoms with Crippen LogP contribution in [0.5, 0.6) is 0 Å². The van der Waals surface area contributed by atoms with Gasteiger partial charge in [-0.05, 0) is 26.2 Å². The number of carbonyl (C=O) groups is 1. The highest BCUT2D eigenvalue weighted by Crippen LogP contribution is 2.24. The number of carbonyl (C=O) groups excluding carboxylic acids is 1. The van der Waals surface area contributed by atoms with Gasteiger partial charge in [-0.3, -0.25) is 4.79 Å². The maximum absolute atomic E-state index is 12.9. The zero-order valence-corrected chi connectivity index (χ0v) is 15.5. The molecule has 0 radical (unpaired) electrons. The minimum atomic E-state index is -3.68. The van der Waals surface area contributed by atoms with Crippen LogP contribution in [0, 0.1) is 19.8 Å². The number of hydrogen-bond donors (Lipinski definition) is 1. The first-order valence-electron chi connectivity index (χ1n) is 8.13. The number of nitrogens with two attached hydrogens (primary N) is 1. The van der Waals surface area contributed by atoms with Crippen LogP contribution in [0.1, 0.15) is 31.7 Å². The lowest BCUT2D eigenvalue weighted by Crippen LogP contribution is -2.47. The molecule has 2 heterocycles. The Hall–Kier alpha value is -1.45. The zero-order valence-electron chi connectivity index (χ0n) is 14.7. The summed E-state index contributed by atoms with van der Waals surface area (Å²) < 4.78 is 32.1. The summed E-state index contributed by atoms with van der Waals surface area (Å²) in [5.41, 5.74) is 6.29. The lowest BCUT2D eigenvalue weighted by atomic mass is 10.0. The van der Waals surface area contributed by atoms with E-state index in [1.165, 1.54) is 4.31 Å². The Balaban J connectivity index is 2.15. The van der Waals surface area contributed by atoms with Gasteiger partial charge in [0.1, 0.15) is 10.6 Å². The Bertz CT molecular complexity index is 679. The molecule has 1 atom stereocenters. The molecule has 1 fully saturated rings. The molecule has 0 aromatic carbocycles. The topological polar surface area (TPSA) is 110 Å². The molecule has 1 aromatic heterocycles. The second kappa shape index (κ2) is 7.20. The first-order valence-corrected chi connectivity index (χ1v) is 9.57. The van der Waals surface area contributed by atoms with Gasteiger partial charge in [0, 0.05) is 26.2 Å². The van der Waals surface area contributed by atoms with E-state index in [9.17, 15) is 13.2 Å². The van der Waals surface area contributed by atoms with Crippen LogP contribution in [-0.2, 0) is 14.8 Å². The fourth-order valence-electron chi connectivity index (χ4n) is 2.82. The van der Waals surface area contributed by atoms with Crippen molar-refractivity contribution in [2.45, 2.75) is 45.1 Å². The molecule has 0 saturated carbocycles. The Kier molecular flexibility index (Phi) is 5.67. The minimum absolute atomic E-state index is 0.0443. The third kappa shape index (κ3) is 3.62. The molecular weight excluding hydrogens is 332 g/mol. The van der Waals surface area contributed by atoms with E-state index in [0.29, 0.717) is 31.7 Å². The summed E-state index contributed by atoms with van der Waals surface area (Å²) in [6.07, 6.45) is 0.569. The van der Waals surface area contributed by atoms with E-state index < -0.39 is 16.1 Å². The third-order valence-corrected chi connectivity index (χ3v) is 6.48. The predicted octanol–water partition coefficient (Wildman–Crippen LogP) is 0.498. The molecule has 0 bridgehead atoms. The van der Waals surface area contributed by atoms with Gasteiger partial charge in [-0.15, -0.1) is 0 Å². The monoisotopic (exact) mass is 358 g/mol. The highest BCUT2D eigenvalue weighted by atomic mass is 32.2. The van der Waals surface area contributed by atoms with Crippen LogP contribution in [0.2, 0.25) is 0 Å². The van der Waals surface area contributed by atoms with Crippen molar-refractivity contribution >= 4 is 15.9 Å². The van der Waals surface area contributed by atoms with E-state index in [1.54, 1.807) is 18.7 Å². The molecule has 1 amide bonds. The standard InChI is InChI=1S/C15H26N4O4S/c1-10(2)13(16)15(20)18-6-5-7-19(9-8-18)24(21,22)14-11(3)17-23-12(14)4/h10,13H,5-9,16H2,1-4H3/t13-/m0/s1. The fourth-order valence-corrected chi connectivity index (χ4v) is 4.58. The van der Waals surface area contributed by atoms with Crippen LogP contribution in [0.15, 0.2) is 9.42 Å². The Labute approximate surface area is 143 Å². The minimum Gasteiger partial charge on any atom is -0.360 e. The SMILES string of the molecule is Cc1noc(C)c1S(=O)(=O)N1CCCN(C(=O)[C@@H](N)C(C)C)CC1. The maximum Gasteiger partial charge on any atom is 0.248 e. The molecular formula is C15H26N4O4S. The lowest BCUT2D eigenvalue weighted by molar-refractivity contribution is -0.133. The van der Waals surface area contributed by atoms with Crippen molar-refractivity contribution in [3.8, 4) is 0 Å². The van der Waals surface area contributed by atoms with E-state index >= 15 is 0 Å². The van der Waals surface area contributed by atoms with Crippen LogP contribution in [-0.4, -0.2) is 60.9 Å². The van der Waals surface area contributed by atoms with Gasteiger partial charge in [0.2, 0.25) is 15.9 Å². The Morgan fingerprint density at radius 3 is 2.42 bits per heavy atom. The Morgan fingerprint density at radius 1 is 1.21 bits per heavy atom. The van der Waals surface area contributed by atoms with Crippen LogP contribution in [0.25, 0.3) is 0 Å². The van der Waals surface area contributed by atoms with Crippen molar-refractivity contribution in [2.75, 3.05) is 26.2 Å². The maximum atomic E-state index is 12.9. The molecule has 136 valence electrons. The molecule has 1 aliphatic rings. The van der Waals surface area contributed by atoms with E-state index in [1.807, 2.05) is 13.8 Å². The number of sulfonamides is 1. The van der Waals surface area contributed by atoms with E-state index in [4.69, 9.17) is 10.3 Å². The van der Waals surface area contributed by atoms with Gasteiger partial charge in [-0.1, -0.05) is 19.0 Å². The third-order valence-electron chi connectivity index (χ3n) is 4.34. The average molecular weight is 358 g/mol. The summed E-state index contributed by atoms with van der Waals surface area (Å²) in [6, 6.07) is -0.560. The molecule has 1 saturated heterocycles. The summed E-state index contributed by atoms with van der Waals surface area (Å²) >= 11 is 0. The van der Waals surface area contributed by atoms with Gasteiger partial charge < -0.3 is 15.2 Å². The summed E-state index contributed by atoms with van der Waals surface area (Å²) in [5.74, 6) is 0.205. The molecule has 1 aliphatic heterocycles. The molecule has 24 heavy (non-hydrogen) atoms. The first-order chi connectivity index (χ1) is 11.2. The van der Waals surface area contributed by atoms with Crippen LogP contribution < -0.4 is 5.73 Å². The number of rotatable bonds is 4. The van der Waals surface area contributed by atoms with Gasteiger partial charge in [0.25, 0.3) is 0 Å². The molecule has 1 aromatic rings. The first kappa shape index (κ1) is 18.9. The van der Waals surface area contributed by atoms with Gasteiger partial charge >= 0.3 is 0 Å². The van der Waals surface area contributed by atoms with Gasteiger partial charge in [-0.25, -0.2) is 8.42 Å². The molecule has 0 spiro atoms. The van der Waals surface area contributed by atoms with Crippen LogP contribution in [0.3, 0.4) is 0 Å². The number of amides is 1. The summed E-state index contributed by atoms with van der Waals surface area (Å²) in [4.78, 5) is 14.2. The van der Waals surface area contributed by atoms with E-state index in [0.717, 1.165) is 0 Å². The number of hydrogen-bond acceptors (Lipinski definition) is 6. The van der Waals surface area contributed by atoms with Crippen molar-refractivity contribution in [3.63, 3.8) is 0 Å². The second-order valence-corrected chi connectivity index (χ2v) is 8.38. The summed E-state index contributed by atoms with van der Waals surface area (Å²) in [5, 5.41) is 3.72. The normalized spacial score (nSPS) is 18.7. The molecule has 9 heteroatoms. The predicted molar refractivity (Wildman–Crippen MR) is 88.7 cm³/mol. The summed E-state index contributed by atoms with van der Waals surface area (Å²) in [7, 11) is -3.68. The Morgan fingerprint density at radius 2 is 1.88 bits per heavy atom. The lowest BCUT2D eigenvalue weighted by Gasteiger charge is -2.26. The van der Waals surface area contributed by atoms with Crippen LogP contribution >= 0.6 is 0 Å². The molecule has 2 rings (SSSR count). The molecule has 0 unspecified atom stereocenters. The van der Waals surface area contributed by atoms with Crippen molar-refractivity contribution in [3.05, 3.63) is 11.5 Å². The number of nitrogens with zero attached hydrogens (tertiary/aromatic N) is 3. The van der Waals surface area contributed by atoms with Gasteiger partial charge in [0.15, 0.2) is 5.76 Å². The van der Waals surface area contributed by atoms with Crippen molar-refractivity contribution in [1.29, 1.82) is 0 Å². The average Bonchev–Trinajstić information content (AvgIpc) is 2.74. The van der Waals surface area contributed by atoms with Gasteiger partial charge in [0.05, 0.1) is 6.04 Å². The van der Waals surface area contributed by atoms with Crippen molar-refractivity contribution < 1.29 is 17.7 Å². The van der Waals surface area contributed by atoms with Crippen molar-refractivity contribution in [2.24, 2.45) is 11.7 Å². The van der Waals surface area contributed by atoms with E-state index in [2.05, 4.69) is 5.16 Å². The van der Waals surface area contributed by atoms with E-state index in [-0.39, 0.29) is 29.0 Å². The molecule has 8 nitrogen and oxygen atoms in total. The number of aromatic nitrogens is 1. The molecule has 0 aliphatic carbocycles. The van der Waals surface area contributed by atoms with Gasteiger partial charge in [-0.2, -0.15) is 4.31 Å². The van der Waals surface area contributed by atoms with Crippen LogP contribution in [0.4, 0.5) is 0 Å². The van der Waals surface area contributed by atoms with Crippen molar-refractivity contribution in [1.82, 2.24) is 14.4 Å². The summed E-state index contributed by atoms with van der Waals surface area (Å²) in [6.45, 7) is 8.43. The second-order valence-electron chi connectivity index (χ2n) is 6.51. The zero-order chi connectivity index (χ0) is 18.1. The highest BCUT2D eigenvalue weighted by Gasteiger charge is 2.33. The highest BCUT2D eigenvalue weighted by molar-refractivity contribution is 7.89. The smallest absolute Gasteiger partial charge is 0.248 e.